The van der Waals surface area contributed by atoms with Gasteiger partial charge < -0.3 is 14.4 Å². The molecule has 1 amide bonds. The van der Waals surface area contributed by atoms with Gasteiger partial charge in [-0.1, -0.05) is 68.4 Å². The van der Waals surface area contributed by atoms with Crippen LogP contribution in [0.25, 0.3) is 0 Å². The Balaban J connectivity index is 1.51. The second-order valence-corrected chi connectivity index (χ2v) is 10.7. The van der Waals surface area contributed by atoms with Crippen LogP contribution in [0.5, 0.6) is 5.75 Å². The zero-order chi connectivity index (χ0) is 26.7. The molecule has 0 unspecified atom stereocenters. The smallest absolute Gasteiger partial charge is 0.253 e. The van der Waals surface area contributed by atoms with E-state index in [4.69, 9.17) is 9.47 Å². The first-order valence-electron chi connectivity index (χ1n) is 13.9. The zero-order valence-electron chi connectivity index (χ0n) is 23.2. The van der Waals surface area contributed by atoms with Crippen LogP contribution in [0.15, 0.2) is 72.8 Å². The molecule has 0 atom stereocenters. The average molecular weight is 515 g/mol. The van der Waals surface area contributed by atoms with Gasteiger partial charge in [0.2, 0.25) is 0 Å². The lowest BCUT2D eigenvalue weighted by molar-refractivity contribution is 0.0762. The molecule has 0 spiro atoms. The SMILES string of the molecule is CC(C)CCN1CCOCCOc2ccc(C(=O)N(C)CCc3ccccc3)cc2Cc2cccc(c2)C1. The maximum Gasteiger partial charge on any atom is 0.253 e. The van der Waals surface area contributed by atoms with Gasteiger partial charge in [-0.25, -0.2) is 0 Å². The monoisotopic (exact) mass is 514 g/mol. The minimum atomic E-state index is 0.0287. The van der Waals surface area contributed by atoms with E-state index in [1.807, 2.05) is 43.4 Å². The van der Waals surface area contributed by atoms with E-state index in [-0.39, 0.29) is 5.91 Å². The number of amides is 1. The van der Waals surface area contributed by atoms with Gasteiger partial charge in [-0.15, -0.1) is 0 Å². The van der Waals surface area contributed by atoms with Crippen LogP contribution in [0, 0.1) is 5.92 Å². The molecule has 0 fully saturated rings. The van der Waals surface area contributed by atoms with Crippen molar-refractivity contribution < 1.29 is 14.3 Å². The van der Waals surface area contributed by atoms with Crippen molar-refractivity contribution in [2.45, 2.75) is 39.7 Å². The third kappa shape index (κ3) is 8.44. The fraction of sp³-hybridized carbons (Fsp3) is 0.424. The predicted octanol–water partition coefficient (Wildman–Crippen LogP) is 5.85. The Bertz CT molecular complexity index is 1160. The fourth-order valence-corrected chi connectivity index (χ4v) is 4.79. The number of ether oxygens (including phenoxy) is 2. The summed E-state index contributed by atoms with van der Waals surface area (Å²) in [6.07, 6.45) is 2.72. The molecule has 0 N–H and O–H groups in total. The molecule has 2 bridgehead atoms. The van der Waals surface area contributed by atoms with Crippen LogP contribution < -0.4 is 4.74 Å². The third-order valence-electron chi connectivity index (χ3n) is 7.08. The predicted molar refractivity (Wildman–Crippen MR) is 154 cm³/mol. The molecule has 0 aromatic heterocycles. The fourth-order valence-electron chi connectivity index (χ4n) is 4.79. The van der Waals surface area contributed by atoms with Crippen LogP contribution in [-0.2, 0) is 24.1 Å². The van der Waals surface area contributed by atoms with Crippen molar-refractivity contribution in [1.82, 2.24) is 9.80 Å². The number of nitrogens with zero attached hydrogens (tertiary/aromatic N) is 2. The van der Waals surface area contributed by atoms with E-state index >= 15 is 0 Å². The number of rotatable bonds is 7. The number of hydrogen-bond donors (Lipinski definition) is 0. The Hall–Kier alpha value is -3.15. The van der Waals surface area contributed by atoms with E-state index in [1.165, 1.54) is 23.1 Å². The molecule has 0 saturated heterocycles. The lowest BCUT2D eigenvalue weighted by Crippen LogP contribution is -2.29. The Morgan fingerprint density at radius 3 is 2.58 bits per heavy atom. The third-order valence-corrected chi connectivity index (χ3v) is 7.08. The molecule has 0 saturated carbocycles. The highest BCUT2D eigenvalue weighted by molar-refractivity contribution is 5.94. The molecule has 4 rings (SSSR count). The second kappa shape index (κ2) is 14.1. The van der Waals surface area contributed by atoms with Gasteiger partial charge in [0.25, 0.3) is 5.91 Å². The highest BCUT2D eigenvalue weighted by Gasteiger charge is 2.16. The van der Waals surface area contributed by atoms with Crippen LogP contribution in [0.4, 0.5) is 0 Å². The number of fused-ring (bicyclic) bond motifs is 3. The van der Waals surface area contributed by atoms with Crippen molar-refractivity contribution in [2.24, 2.45) is 5.92 Å². The summed E-state index contributed by atoms with van der Waals surface area (Å²) < 4.78 is 12.1. The molecule has 3 aromatic carbocycles. The molecule has 1 aliphatic heterocycles. The van der Waals surface area contributed by atoms with Crippen molar-refractivity contribution in [3.05, 3.63) is 101 Å². The topological polar surface area (TPSA) is 42.0 Å². The van der Waals surface area contributed by atoms with Gasteiger partial charge in [0.15, 0.2) is 0 Å². The molecule has 1 aliphatic rings. The summed E-state index contributed by atoms with van der Waals surface area (Å²) in [5.41, 5.74) is 5.48. The maximum absolute atomic E-state index is 13.3. The summed E-state index contributed by atoms with van der Waals surface area (Å²) >= 11 is 0. The van der Waals surface area contributed by atoms with Gasteiger partial charge in [-0.3, -0.25) is 9.69 Å². The van der Waals surface area contributed by atoms with E-state index in [2.05, 4.69) is 55.1 Å². The highest BCUT2D eigenvalue weighted by Crippen LogP contribution is 2.25. The van der Waals surface area contributed by atoms with Gasteiger partial charge in [-0.2, -0.15) is 0 Å². The van der Waals surface area contributed by atoms with Crippen LogP contribution in [0.1, 0.15) is 52.9 Å². The minimum Gasteiger partial charge on any atom is -0.491 e. The standard InChI is InChI=1S/C33H42N2O3/c1-26(2)14-17-35-18-19-37-20-21-38-32-13-12-30(24-31(32)23-28-10-7-11-29(22-28)25-35)33(36)34(3)16-15-27-8-5-4-6-9-27/h4-13,22,24,26H,14-21,23,25H2,1-3H3. The first kappa shape index (κ1) is 27.9. The Labute approximate surface area is 228 Å². The molecule has 3 aromatic rings. The van der Waals surface area contributed by atoms with Crippen molar-refractivity contribution >= 4 is 5.91 Å². The zero-order valence-corrected chi connectivity index (χ0v) is 23.2. The first-order valence-corrected chi connectivity index (χ1v) is 13.9. The van der Waals surface area contributed by atoms with Crippen LogP contribution in [-0.4, -0.2) is 62.2 Å². The van der Waals surface area contributed by atoms with Gasteiger partial charge in [0, 0.05) is 38.7 Å². The first-order chi connectivity index (χ1) is 18.5. The van der Waals surface area contributed by atoms with Crippen LogP contribution in [0.3, 0.4) is 0 Å². The molecule has 0 aliphatic carbocycles. The van der Waals surface area contributed by atoms with Gasteiger partial charge >= 0.3 is 0 Å². The average Bonchev–Trinajstić information content (AvgIpc) is 2.92. The number of benzene rings is 3. The summed E-state index contributed by atoms with van der Waals surface area (Å²) in [6.45, 7) is 9.84. The van der Waals surface area contributed by atoms with E-state index in [9.17, 15) is 4.79 Å². The molecular weight excluding hydrogens is 472 g/mol. The van der Waals surface area contributed by atoms with Crippen molar-refractivity contribution in [2.75, 3.05) is 46.5 Å². The second-order valence-electron chi connectivity index (χ2n) is 10.7. The van der Waals surface area contributed by atoms with Crippen molar-refractivity contribution in [3.63, 3.8) is 0 Å². The van der Waals surface area contributed by atoms with Gasteiger partial charge in [0.1, 0.15) is 12.4 Å². The van der Waals surface area contributed by atoms with Gasteiger partial charge in [0.05, 0.1) is 13.2 Å². The van der Waals surface area contributed by atoms with Crippen LogP contribution >= 0.6 is 0 Å². The number of hydrogen-bond acceptors (Lipinski definition) is 4. The van der Waals surface area contributed by atoms with Crippen LogP contribution in [0.2, 0.25) is 0 Å². The van der Waals surface area contributed by atoms with E-state index in [0.29, 0.717) is 44.3 Å². The highest BCUT2D eigenvalue weighted by atomic mass is 16.5. The lowest BCUT2D eigenvalue weighted by Gasteiger charge is -2.24. The maximum atomic E-state index is 13.3. The van der Waals surface area contributed by atoms with E-state index < -0.39 is 0 Å². The summed E-state index contributed by atoms with van der Waals surface area (Å²) in [5.74, 6) is 1.52. The largest absolute Gasteiger partial charge is 0.491 e. The number of carbonyl (C=O) groups is 1. The molecule has 1 heterocycles. The molecule has 202 valence electrons. The molecule has 38 heavy (non-hydrogen) atoms. The Morgan fingerprint density at radius 1 is 0.947 bits per heavy atom. The Kier molecular flexibility index (Phi) is 10.4. The van der Waals surface area contributed by atoms with Crippen molar-refractivity contribution in [3.8, 4) is 5.75 Å². The van der Waals surface area contributed by atoms with E-state index in [0.717, 1.165) is 37.4 Å². The van der Waals surface area contributed by atoms with Gasteiger partial charge in [-0.05, 0) is 65.8 Å². The normalized spacial score (nSPS) is 14.8. The van der Waals surface area contributed by atoms with Crippen molar-refractivity contribution in [1.29, 1.82) is 0 Å². The molecule has 0 radical (unpaired) electrons. The summed E-state index contributed by atoms with van der Waals surface area (Å²) in [7, 11) is 1.87. The molecule has 5 nitrogen and oxygen atoms in total. The Morgan fingerprint density at radius 2 is 1.76 bits per heavy atom. The quantitative estimate of drug-likeness (QED) is 0.397. The summed E-state index contributed by atoms with van der Waals surface area (Å²) in [5, 5.41) is 0. The summed E-state index contributed by atoms with van der Waals surface area (Å²) in [6, 6.07) is 24.9. The number of likely N-dealkylation sites (N-methyl/N-ethyl adjacent to an activating group) is 1. The molecular formula is C33H42N2O3. The summed E-state index contributed by atoms with van der Waals surface area (Å²) in [4.78, 5) is 17.6. The number of carbonyl (C=O) groups excluding carboxylic acids is 1. The van der Waals surface area contributed by atoms with E-state index in [1.54, 1.807) is 4.90 Å². The minimum absolute atomic E-state index is 0.0287. The lowest BCUT2D eigenvalue weighted by atomic mass is 9.99. The molecule has 5 heteroatoms.